The second-order valence-corrected chi connectivity index (χ2v) is 8.08. The number of nitrogens with one attached hydrogen (secondary N) is 1. The van der Waals surface area contributed by atoms with Crippen molar-refractivity contribution in [3.8, 4) is 5.75 Å². The third kappa shape index (κ3) is 4.51. The third-order valence-electron chi connectivity index (χ3n) is 4.33. The molecule has 3 aromatic rings. The van der Waals surface area contributed by atoms with E-state index in [0.29, 0.717) is 5.69 Å². The molecule has 0 saturated heterocycles. The summed E-state index contributed by atoms with van der Waals surface area (Å²) in [5.41, 5.74) is 0.561. The van der Waals surface area contributed by atoms with Gasteiger partial charge in [0.15, 0.2) is 5.76 Å². The molecule has 0 spiro atoms. The Morgan fingerprint density at radius 3 is 2.45 bits per heavy atom. The van der Waals surface area contributed by atoms with E-state index < -0.39 is 26.7 Å². The van der Waals surface area contributed by atoms with Crippen LogP contribution >= 0.6 is 0 Å². The van der Waals surface area contributed by atoms with Gasteiger partial charge in [-0.3, -0.25) is 19.2 Å². The van der Waals surface area contributed by atoms with Crippen LogP contribution in [-0.4, -0.2) is 32.9 Å². The lowest BCUT2D eigenvalue weighted by atomic mass is 10.3. The van der Waals surface area contributed by atoms with Crippen molar-refractivity contribution in [2.45, 2.75) is 11.8 Å². The number of para-hydroxylation sites is 1. The van der Waals surface area contributed by atoms with E-state index in [1.54, 1.807) is 37.3 Å². The highest BCUT2D eigenvalue weighted by atomic mass is 32.2. The SMILES string of the molecule is CCN(c1ccccc1)S(=O)(=O)c1ccc(OC)c(NC(=O)c2ccc([N+](=O)[O-])o2)c1. The van der Waals surface area contributed by atoms with Crippen molar-refractivity contribution in [3.63, 3.8) is 0 Å². The van der Waals surface area contributed by atoms with Crippen molar-refractivity contribution < 1.29 is 27.3 Å². The van der Waals surface area contributed by atoms with Gasteiger partial charge >= 0.3 is 5.88 Å². The largest absolute Gasteiger partial charge is 0.495 e. The molecule has 0 saturated carbocycles. The first-order valence-electron chi connectivity index (χ1n) is 9.09. The molecule has 1 aromatic heterocycles. The predicted molar refractivity (Wildman–Crippen MR) is 113 cm³/mol. The van der Waals surface area contributed by atoms with E-state index in [2.05, 4.69) is 5.32 Å². The van der Waals surface area contributed by atoms with Gasteiger partial charge in [-0.15, -0.1) is 0 Å². The number of nitrogens with zero attached hydrogens (tertiary/aromatic N) is 2. The summed E-state index contributed by atoms with van der Waals surface area (Å²) in [6.07, 6.45) is 0. The molecule has 1 amide bonds. The average Bonchev–Trinajstić information content (AvgIpc) is 3.26. The maximum atomic E-state index is 13.2. The number of hydrogen-bond donors (Lipinski definition) is 1. The summed E-state index contributed by atoms with van der Waals surface area (Å²) < 4.78 is 37.8. The van der Waals surface area contributed by atoms with E-state index in [-0.39, 0.29) is 28.6 Å². The van der Waals surface area contributed by atoms with E-state index in [0.717, 1.165) is 12.1 Å². The van der Waals surface area contributed by atoms with Crippen molar-refractivity contribution in [1.82, 2.24) is 0 Å². The Balaban J connectivity index is 1.95. The van der Waals surface area contributed by atoms with Crippen LogP contribution in [0, 0.1) is 10.1 Å². The highest BCUT2D eigenvalue weighted by molar-refractivity contribution is 7.92. The van der Waals surface area contributed by atoms with Crippen LogP contribution in [0.2, 0.25) is 0 Å². The van der Waals surface area contributed by atoms with Gasteiger partial charge < -0.3 is 14.5 Å². The summed E-state index contributed by atoms with van der Waals surface area (Å²) in [6.45, 7) is 1.90. The normalized spacial score (nSPS) is 11.0. The number of carbonyl (C=O) groups excluding carboxylic acids is 1. The Hall–Kier alpha value is -3.86. The van der Waals surface area contributed by atoms with E-state index in [1.807, 2.05) is 0 Å². The molecule has 10 nitrogen and oxygen atoms in total. The smallest absolute Gasteiger partial charge is 0.433 e. The number of hydrogen-bond acceptors (Lipinski definition) is 7. The number of ether oxygens (including phenoxy) is 1. The standard InChI is InChI=1S/C20H19N3O7S/c1-3-22(14-7-5-4-6-8-14)31(27,28)15-9-10-17(29-2)16(13-15)21-20(24)18-11-12-19(30-18)23(25)26/h4-13H,3H2,1-2H3,(H,21,24). The number of nitro groups is 1. The summed E-state index contributed by atoms with van der Waals surface area (Å²) in [5.74, 6) is -1.48. The molecule has 0 unspecified atom stereocenters. The number of carbonyl (C=O) groups is 1. The van der Waals surface area contributed by atoms with Crippen LogP contribution in [0.5, 0.6) is 5.75 Å². The first-order valence-corrected chi connectivity index (χ1v) is 10.5. The molecule has 0 aliphatic carbocycles. The minimum absolute atomic E-state index is 0.0664. The van der Waals surface area contributed by atoms with Crippen LogP contribution in [0.3, 0.4) is 0 Å². The van der Waals surface area contributed by atoms with Crippen molar-refractivity contribution in [2.24, 2.45) is 0 Å². The molecule has 0 aliphatic rings. The molecule has 162 valence electrons. The fourth-order valence-corrected chi connectivity index (χ4v) is 4.39. The number of furan rings is 1. The van der Waals surface area contributed by atoms with Gasteiger partial charge in [-0.2, -0.15) is 0 Å². The Kier molecular flexibility index (Phi) is 6.25. The van der Waals surface area contributed by atoms with Crippen LogP contribution in [-0.2, 0) is 10.0 Å². The molecule has 11 heteroatoms. The second kappa shape index (κ2) is 8.88. The summed E-state index contributed by atoms with van der Waals surface area (Å²) in [5, 5.41) is 13.2. The average molecular weight is 445 g/mol. The molecule has 31 heavy (non-hydrogen) atoms. The first-order chi connectivity index (χ1) is 14.8. The summed E-state index contributed by atoms with van der Waals surface area (Å²) in [7, 11) is -2.59. The highest BCUT2D eigenvalue weighted by Gasteiger charge is 2.26. The topological polar surface area (TPSA) is 132 Å². The zero-order chi connectivity index (χ0) is 22.6. The van der Waals surface area contributed by atoms with E-state index in [1.165, 1.54) is 29.6 Å². The minimum Gasteiger partial charge on any atom is -0.495 e. The molecule has 0 radical (unpaired) electrons. The Morgan fingerprint density at radius 1 is 1.16 bits per heavy atom. The fraction of sp³-hybridized carbons (Fsp3) is 0.150. The van der Waals surface area contributed by atoms with Crippen LogP contribution < -0.4 is 14.4 Å². The zero-order valence-electron chi connectivity index (χ0n) is 16.6. The molecular formula is C20H19N3O7S. The van der Waals surface area contributed by atoms with Gasteiger partial charge in [0, 0.05) is 6.54 Å². The Labute approximate surface area is 178 Å². The van der Waals surface area contributed by atoms with Gasteiger partial charge in [0.2, 0.25) is 0 Å². The van der Waals surface area contributed by atoms with Gasteiger partial charge in [0.25, 0.3) is 15.9 Å². The van der Waals surface area contributed by atoms with Crippen molar-refractivity contribution >= 4 is 33.2 Å². The molecule has 1 N–H and O–H groups in total. The molecule has 0 fully saturated rings. The van der Waals surface area contributed by atoms with Crippen LogP contribution in [0.15, 0.2) is 70.0 Å². The molecule has 1 heterocycles. The summed E-state index contributed by atoms with van der Waals surface area (Å²) in [4.78, 5) is 22.4. The van der Waals surface area contributed by atoms with Crippen LogP contribution in [0.1, 0.15) is 17.5 Å². The highest BCUT2D eigenvalue weighted by Crippen LogP contribution is 2.31. The number of anilines is 2. The maximum absolute atomic E-state index is 13.2. The fourth-order valence-electron chi connectivity index (χ4n) is 2.89. The molecule has 0 bridgehead atoms. The first kappa shape index (κ1) is 21.8. The number of sulfonamides is 1. The van der Waals surface area contributed by atoms with Gasteiger partial charge in [0.05, 0.1) is 29.4 Å². The molecule has 2 aromatic carbocycles. The number of methoxy groups -OCH3 is 1. The molecular weight excluding hydrogens is 426 g/mol. The summed E-state index contributed by atoms with van der Waals surface area (Å²) >= 11 is 0. The van der Waals surface area contributed by atoms with Gasteiger partial charge in [-0.05, 0) is 43.3 Å². The van der Waals surface area contributed by atoms with Crippen molar-refractivity contribution in [2.75, 3.05) is 23.3 Å². The Bertz CT molecular complexity index is 1210. The van der Waals surface area contributed by atoms with Crippen LogP contribution in [0.4, 0.5) is 17.3 Å². The Morgan fingerprint density at radius 2 is 1.87 bits per heavy atom. The third-order valence-corrected chi connectivity index (χ3v) is 6.23. The lowest BCUT2D eigenvalue weighted by Gasteiger charge is -2.23. The predicted octanol–water partition coefficient (Wildman–Crippen LogP) is 3.66. The lowest BCUT2D eigenvalue weighted by molar-refractivity contribution is -0.402. The van der Waals surface area contributed by atoms with Gasteiger partial charge in [0.1, 0.15) is 10.7 Å². The van der Waals surface area contributed by atoms with Gasteiger partial charge in [-0.1, -0.05) is 18.2 Å². The maximum Gasteiger partial charge on any atom is 0.433 e. The van der Waals surface area contributed by atoms with E-state index in [4.69, 9.17) is 9.15 Å². The number of amides is 1. The van der Waals surface area contributed by atoms with Crippen molar-refractivity contribution in [3.05, 3.63) is 76.5 Å². The number of benzene rings is 2. The monoisotopic (exact) mass is 445 g/mol. The van der Waals surface area contributed by atoms with E-state index >= 15 is 0 Å². The summed E-state index contributed by atoms with van der Waals surface area (Å²) in [6, 6.07) is 14.8. The molecule has 3 rings (SSSR count). The van der Waals surface area contributed by atoms with E-state index in [9.17, 15) is 23.3 Å². The minimum atomic E-state index is -3.95. The zero-order valence-corrected chi connectivity index (χ0v) is 17.5. The lowest BCUT2D eigenvalue weighted by Crippen LogP contribution is -2.30. The second-order valence-electron chi connectivity index (χ2n) is 6.22. The molecule has 0 aliphatic heterocycles. The van der Waals surface area contributed by atoms with Crippen molar-refractivity contribution in [1.29, 1.82) is 0 Å². The quantitative estimate of drug-likeness (QED) is 0.413. The molecule has 0 atom stereocenters. The van der Waals surface area contributed by atoms with Crippen LogP contribution in [0.25, 0.3) is 0 Å². The van der Waals surface area contributed by atoms with Gasteiger partial charge in [-0.25, -0.2) is 8.42 Å². The number of rotatable bonds is 8.